The smallest absolute Gasteiger partial charge is 0.272 e. The Morgan fingerprint density at radius 1 is 1.38 bits per heavy atom. The minimum absolute atomic E-state index is 0.333. The monoisotopic (exact) mass is 270 g/mol. The number of hydrogen-bond donors (Lipinski definition) is 0. The van der Waals surface area contributed by atoms with E-state index in [1.807, 2.05) is 0 Å². The topological polar surface area (TPSA) is 9.23 Å². The van der Waals surface area contributed by atoms with Gasteiger partial charge in [-0.2, -0.15) is 0 Å². The van der Waals surface area contributed by atoms with E-state index in [9.17, 15) is 8.78 Å². The largest absolute Gasteiger partial charge is 0.488 e. The fourth-order valence-electron chi connectivity index (χ4n) is 0.771. The maximum absolute atomic E-state index is 11.8. The summed E-state index contributed by atoms with van der Waals surface area (Å²) in [4.78, 5) is 0. The standard InChI is InChI=1S/C8H6BrClF2O/c9-5-1-6(10)3-7(2-5)13-4-8(11)12/h1-3,8H,4H2. The fourth-order valence-corrected chi connectivity index (χ4v) is 1.60. The molecular weight excluding hydrogens is 265 g/mol. The number of ether oxygens (including phenoxy) is 1. The number of alkyl halides is 2. The summed E-state index contributed by atoms with van der Waals surface area (Å²) in [6.07, 6.45) is -2.47. The molecule has 1 aromatic rings. The van der Waals surface area contributed by atoms with E-state index in [1.54, 1.807) is 12.1 Å². The molecule has 0 aliphatic rings. The minimum atomic E-state index is -2.47. The van der Waals surface area contributed by atoms with Gasteiger partial charge in [0.25, 0.3) is 6.43 Å². The third-order valence-electron chi connectivity index (χ3n) is 1.21. The molecule has 0 aliphatic carbocycles. The fraction of sp³-hybridized carbons (Fsp3) is 0.250. The molecule has 5 heteroatoms. The molecule has 1 rings (SSSR count). The summed E-state index contributed by atoms with van der Waals surface area (Å²) < 4.78 is 29.0. The van der Waals surface area contributed by atoms with Crippen molar-refractivity contribution in [1.82, 2.24) is 0 Å². The number of halogens is 4. The van der Waals surface area contributed by atoms with E-state index in [0.29, 0.717) is 15.2 Å². The first-order valence-corrected chi connectivity index (χ1v) is 4.62. The van der Waals surface area contributed by atoms with E-state index < -0.39 is 13.0 Å². The van der Waals surface area contributed by atoms with Crippen molar-refractivity contribution in [2.75, 3.05) is 6.61 Å². The summed E-state index contributed by atoms with van der Waals surface area (Å²) >= 11 is 8.84. The summed E-state index contributed by atoms with van der Waals surface area (Å²) in [5.41, 5.74) is 0. The van der Waals surface area contributed by atoms with E-state index >= 15 is 0 Å². The average molecular weight is 271 g/mol. The van der Waals surface area contributed by atoms with Crippen molar-refractivity contribution >= 4 is 27.5 Å². The third-order valence-corrected chi connectivity index (χ3v) is 1.89. The molecule has 13 heavy (non-hydrogen) atoms. The third kappa shape index (κ3) is 3.91. The lowest BCUT2D eigenvalue weighted by atomic mass is 10.3. The molecule has 0 N–H and O–H groups in total. The van der Waals surface area contributed by atoms with Crippen LogP contribution in [-0.4, -0.2) is 13.0 Å². The zero-order valence-corrected chi connectivity index (χ0v) is 8.78. The van der Waals surface area contributed by atoms with Gasteiger partial charge in [-0.25, -0.2) is 8.78 Å². The van der Waals surface area contributed by atoms with Gasteiger partial charge < -0.3 is 4.74 Å². The van der Waals surface area contributed by atoms with E-state index in [2.05, 4.69) is 15.9 Å². The molecule has 1 nitrogen and oxygen atoms in total. The first kappa shape index (κ1) is 10.7. The maximum Gasteiger partial charge on any atom is 0.272 e. The second kappa shape index (κ2) is 4.77. The second-order valence-electron chi connectivity index (χ2n) is 2.31. The predicted octanol–water partition coefficient (Wildman–Crippen LogP) is 3.75. The van der Waals surface area contributed by atoms with Crippen LogP contribution in [0.1, 0.15) is 0 Å². The molecule has 1 aromatic carbocycles. The summed E-state index contributed by atoms with van der Waals surface area (Å²) in [6, 6.07) is 4.71. The Morgan fingerprint density at radius 2 is 2.08 bits per heavy atom. The van der Waals surface area contributed by atoms with Crippen LogP contribution in [0.5, 0.6) is 5.75 Å². The molecule has 0 aromatic heterocycles. The van der Waals surface area contributed by atoms with Crippen molar-refractivity contribution in [3.05, 3.63) is 27.7 Å². The zero-order valence-electron chi connectivity index (χ0n) is 6.44. The van der Waals surface area contributed by atoms with Crippen LogP contribution < -0.4 is 4.74 Å². The Hall–Kier alpha value is -0.350. The van der Waals surface area contributed by atoms with E-state index in [-0.39, 0.29) is 0 Å². The molecule has 0 saturated heterocycles. The van der Waals surface area contributed by atoms with Gasteiger partial charge in [-0.1, -0.05) is 27.5 Å². The first-order chi connectivity index (χ1) is 6.08. The van der Waals surface area contributed by atoms with E-state index in [1.165, 1.54) is 6.07 Å². The molecule has 0 heterocycles. The normalized spacial score (nSPS) is 10.5. The maximum atomic E-state index is 11.8. The lowest BCUT2D eigenvalue weighted by molar-refractivity contribution is 0.0819. The highest BCUT2D eigenvalue weighted by atomic mass is 79.9. The second-order valence-corrected chi connectivity index (χ2v) is 3.66. The van der Waals surface area contributed by atoms with Crippen molar-refractivity contribution in [3.63, 3.8) is 0 Å². The summed E-state index contributed by atoms with van der Waals surface area (Å²) in [5.74, 6) is 0.333. The Bertz CT molecular complexity index is 273. The van der Waals surface area contributed by atoms with Crippen LogP contribution in [-0.2, 0) is 0 Å². The average Bonchev–Trinajstić information content (AvgIpc) is 1.99. The number of benzene rings is 1. The van der Waals surface area contributed by atoms with Gasteiger partial charge >= 0.3 is 0 Å². The van der Waals surface area contributed by atoms with Crippen LogP contribution in [0.3, 0.4) is 0 Å². The Balaban J connectivity index is 2.66. The van der Waals surface area contributed by atoms with Gasteiger partial charge in [0.2, 0.25) is 0 Å². The van der Waals surface area contributed by atoms with Crippen LogP contribution in [0.25, 0.3) is 0 Å². The Morgan fingerprint density at radius 3 is 2.62 bits per heavy atom. The molecule has 0 atom stereocenters. The molecular formula is C8H6BrClF2O. The van der Waals surface area contributed by atoms with E-state index in [4.69, 9.17) is 16.3 Å². The summed E-state index contributed by atoms with van der Waals surface area (Å²) in [5, 5.41) is 0.443. The van der Waals surface area contributed by atoms with Crippen LogP contribution in [0.2, 0.25) is 5.02 Å². The van der Waals surface area contributed by atoms with Gasteiger partial charge in [-0.05, 0) is 18.2 Å². The van der Waals surface area contributed by atoms with Gasteiger partial charge in [0.1, 0.15) is 12.4 Å². The molecule has 0 radical (unpaired) electrons. The van der Waals surface area contributed by atoms with Gasteiger partial charge in [0.15, 0.2) is 0 Å². The highest BCUT2D eigenvalue weighted by molar-refractivity contribution is 9.10. The van der Waals surface area contributed by atoms with Gasteiger partial charge in [-0.3, -0.25) is 0 Å². The quantitative estimate of drug-likeness (QED) is 0.813. The minimum Gasteiger partial charge on any atom is -0.488 e. The van der Waals surface area contributed by atoms with Crippen molar-refractivity contribution < 1.29 is 13.5 Å². The SMILES string of the molecule is FC(F)COc1cc(Cl)cc(Br)c1. The van der Waals surface area contributed by atoms with Crippen LogP contribution in [0.4, 0.5) is 8.78 Å². The Kier molecular flexibility index (Phi) is 3.93. The van der Waals surface area contributed by atoms with Gasteiger partial charge in [0.05, 0.1) is 0 Å². The molecule has 72 valence electrons. The van der Waals surface area contributed by atoms with Crippen molar-refractivity contribution in [1.29, 1.82) is 0 Å². The predicted molar refractivity (Wildman–Crippen MR) is 50.7 cm³/mol. The molecule has 0 unspecified atom stereocenters. The molecule has 0 bridgehead atoms. The van der Waals surface area contributed by atoms with Crippen molar-refractivity contribution in [2.24, 2.45) is 0 Å². The summed E-state index contributed by atoms with van der Waals surface area (Å²) in [6.45, 7) is -0.618. The van der Waals surface area contributed by atoms with Crippen LogP contribution in [0, 0.1) is 0 Å². The van der Waals surface area contributed by atoms with Gasteiger partial charge in [0, 0.05) is 9.50 Å². The molecule has 0 aliphatic heterocycles. The highest BCUT2D eigenvalue weighted by Crippen LogP contribution is 2.24. The zero-order chi connectivity index (χ0) is 9.84. The number of rotatable bonds is 3. The van der Waals surface area contributed by atoms with E-state index in [0.717, 1.165) is 0 Å². The molecule has 0 saturated carbocycles. The van der Waals surface area contributed by atoms with Crippen LogP contribution in [0.15, 0.2) is 22.7 Å². The lowest BCUT2D eigenvalue weighted by Crippen LogP contribution is -2.06. The van der Waals surface area contributed by atoms with Crippen LogP contribution >= 0.6 is 27.5 Å². The number of hydrogen-bond acceptors (Lipinski definition) is 1. The Labute approximate surface area is 87.8 Å². The summed E-state index contributed by atoms with van der Waals surface area (Å²) in [7, 11) is 0. The highest BCUT2D eigenvalue weighted by Gasteiger charge is 2.04. The van der Waals surface area contributed by atoms with Crippen molar-refractivity contribution in [2.45, 2.75) is 6.43 Å². The van der Waals surface area contributed by atoms with Gasteiger partial charge in [-0.15, -0.1) is 0 Å². The lowest BCUT2D eigenvalue weighted by Gasteiger charge is -2.05. The molecule has 0 fully saturated rings. The van der Waals surface area contributed by atoms with Crippen molar-refractivity contribution in [3.8, 4) is 5.75 Å². The first-order valence-electron chi connectivity index (χ1n) is 3.45. The molecule has 0 spiro atoms. The molecule has 0 amide bonds.